The Labute approximate surface area is 211 Å². The summed E-state index contributed by atoms with van der Waals surface area (Å²) in [7, 11) is 1.59. The highest BCUT2D eigenvalue weighted by molar-refractivity contribution is 6.07. The number of aryl methyl sites for hydroxylation is 1. The monoisotopic (exact) mass is 491 g/mol. The first-order valence-electron chi connectivity index (χ1n) is 12.7. The van der Waals surface area contributed by atoms with Gasteiger partial charge in [0.05, 0.1) is 19.1 Å². The van der Waals surface area contributed by atoms with Crippen molar-refractivity contribution in [2.24, 2.45) is 5.92 Å². The highest BCUT2D eigenvalue weighted by atomic mass is 16.7. The minimum Gasteiger partial charge on any atom is -0.496 e. The standard InChI is InChI=1S/C28H33N3O5/c1-18-12-14-19(15-13-18)25-24-26(28(34)31(27(24)33)21-9-4-3-5-10-21)36-30(25)17-23(32)29-16-20-8-6-7-11-22(20)35-2/h6-8,11-15,21,24-26H,3-5,9-10,16-17H2,1-2H3,(H,29,32). The Kier molecular flexibility index (Phi) is 7.07. The minimum atomic E-state index is -0.896. The van der Waals surface area contributed by atoms with Gasteiger partial charge in [0, 0.05) is 18.2 Å². The van der Waals surface area contributed by atoms with Crippen molar-refractivity contribution in [3.05, 3.63) is 65.2 Å². The molecule has 0 aromatic heterocycles. The van der Waals surface area contributed by atoms with E-state index in [1.807, 2.05) is 55.5 Å². The van der Waals surface area contributed by atoms with Crippen molar-refractivity contribution in [1.82, 2.24) is 15.3 Å². The maximum Gasteiger partial charge on any atom is 0.261 e. The number of hydrogen-bond acceptors (Lipinski definition) is 6. The van der Waals surface area contributed by atoms with Gasteiger partial charge in [0.2, 0.25) is 11.8 Å². The lowest BCUT2D eigenvalue weighted by Crippen LogP contribution is -2.45. The van der Waals surface area contributed by atoms with Gasteiger partial charge in [0.25, 0.3) is 5.91 Å². The molecule has 1 saturated carbocycles. The van der Waals surface area contributed by atoms with E-state index in [1.54, 1.807) is 7.11 Å². The first kappa shape index (κ1) is 24.5. The second-order valence-corrected chi connectivity index (χ2v) is 9.91. The van der Waals surface area contributed by atoms with Crippen molar-refractivity contribution in [1.29, 1.82) is 0 Å². The first-order valence-corrected chi connectivity index (χ1v) is 12.7. The summed E-state index contributed by atoms with van der Waals surface area (Å²) in [4.78, 5) is 47.5. The number of nitrogens with one attached hydrogen (secondary N) is 1. The SMILES string of the molecule is COc1ccccc1CNC(=O)CN1OC2C(=O)N(C3CCCCC3)C(=O)C2C1c1ccc(C)cc1. The molecule has 5 rings (SSSR count). The van der Waals surface area contributed by atoms with E-state index < -0.39 is 18.1 Å². The average Bonchev–Trinajstić information content (AvgIpc) is 3.38. The summed E-state index contributed by atoms with van der Waals surface area (Å²) in [5.41, 5.74) is 2.81. The molecular weight excluding hydrogens is 458 g/mol. The molecule has 2 heterocycles. The van der Waals surface area contributed by atoms with E-state index >= 15 is 0 Å². The third-order valence-electron chi connectivity index (χ3n) is 7.56. The molecule has 0 radical (unpaired) electrons. The van der Waals surface area contributed by atoms with Gasteiger partial charge in [-0.1, -0.05) is 67.3 Å². The topological polar surface area (TPSA) is 88.2 Å². The number of carbonyl (C=O) groups is 3. The van der Waals surface area contributed by atoms with E-state index in [9.17, 15) is 14.4 Å². The van der Waals surface area contributed by atoms with Gasteiger partial charge in [-0.2, -0.15) is 5.06 Å². The third-order valence-corrected chi connectivity index (χ3v) is 7.56. The van der Waals surface area contributed by atoms with E-state index in [0.29, 0.717) is 12.3 Å². The van der Waals surface area contributed by atoms with Crippen LogP contribution in [-0.2, 0) is 25.8 Å². The molecule has 1 aliphatic carbocycles. The Morgan fingerprint density at radius 1 is 1.03 bits per heavy atom. The molecule has 3 unspecified atom stereocenters. The van der Waals surface area contributed by atoms with E-state index in [-0.39, 0.29) is 30.3 Å². The van der Waals surface area contributed by atoms with Crippen molar-refractivity contribution < 1.29 is 24.0 Å². The van der Waals surface area contributed by atoms with Crippen molar-refractivity contribution >= 4 is 17.7 Å². The van der Waals surface area contributed by atoms with Crippen molar-refractivity contribution in [3.8, 4) is 5.75 Å². The molecule has 36 heavy (non-hydrogen) atoms. The van der Waals surface area contributed by atoms with Crippen LogP contribution in [0.1, 0.15) is 54.8 Å². The smallest absolute Gasteiger partial charge is 0.261 e. The van der Waals surface area contributed by atoms with Gasteiger partial charge in [-0.3, -0.25) is 24.1 Å². The molecule has 3 aliphatic rings. The molecule has 0 spiro atoms. The van der Waals surface area contributed by atoms with Crippen LogP contribution in [-0.4, -0.2) is 53.5 Å². The molecule has 8 nitrogen and oxygen atoms in total. The van der Waals surface area contributed by atoms with Crippen molar-refractivity contribution in [3.63, 3.8) is 0 Å². The van der Waals surface area contributed by atoms with Gasteiger partial charge in [-0.05, 0) is 31.4 Å². The van der Waals surface area contributed by atoms with E-state index in [0.717, 1.165) is 48.8 Å². The second-order valence-electron chi connectivity index (χ2n) is 9.91. The van der Waals surface area contributed by atoms with Gasteiger partial charge in [0.15, 0.2) is 6.10 Å². The maximum absolute atomic E-state index is 13.6. The molecule has 2 aromatic carbocycles. The number of carbonyl (C=O) groups excluding carboxylic acids is 3. The summed E-state index contributed by atoms with van der Waals surface area (Å²) in [6.07, 6.45) is 3.99. The Morgan fingerprint density at radius 3 is 2.47 bits per heavy atom. The number of benzene rings is 2. The van der Waals surface area contributed by atoms with E-state index in [4.69, 9.17) is 9.57 Å². The number of likely N-dealkylation sites (tertiary alicyclic amines) is 1. The zero-order chi connectivity index (χ0) is 25.2. The number of fused-ring (bicyclic) bond motifs is 1. The fourth-order valence-corrected chi connectivity index (χ4v) is 5.70. The average molecular weight is 492 g/mol. The second kappa shape index (κ2) is 10.4. The lowest BCUT2D eigenvalue weighted by Gasteiger charge is -2.32. The molecule has 1 N–H and O–H groups in total. The van der Waals surface area contributed by atoms with Crippen molar-refractivity contribution in [2.75, 3.05) is 13.7 Å². The Bertz CT molecular complexity index is 1130. The summed E-state index contributed by atoms with van der Waals surface area (Å²) < 4.78 is 5.36. The van der Waals surface area contributed by atoms with Gasteiger partial charge in [-0.15, -0.1) is 0 Å². The fraction of sp³-hybridized carbons (Fsp3) is 0.464. The molecular formula is C28H33N3O5. The normalized spacial score (nSPS) is 24.7. The molecule has 190 valence electrons. The Balaban J connectivity index is 1.35. The molecule has 3 amide bonds. The van der Waals surface area contributed by atoms with Crippen LogP contribution in [0.3, 0.4) is 0 Å². The molecule has 2 aromatic rings. The predicted molar refractivity (Wildman–Crippen MR) is 133 cm³/mol. The minimum absolute atomic E-state index is 0.0516. The van der Waals surface area contributed by atoms with Crippen LogP contribution in [0.25, 0.3) is 0 Å². The number of imide groups is 1. The zero-order valence-corrected chi connectivity index (χ0v) is 20.8. The number of nitrogens with zero attached hydrogens (tertiary/aromatic N) is 2. The summed E-state index contributed by atoms with van der Waals surface area (Å²) in [6, 6.07) is 14.8. The van der Waals surface area contributed by atoms with Gasteiger partial charge >= 0.3 is 0 Å². The summed E-state index contributed by atoms with van der Waals surface area (Å²) in [5, 5.41) is 4.43. The van der Waals surface area contributed by atoms with Crippen LogP contribution >= 0.6 is 0 Å². The van der Waals surface area contributed by atoms with Gasteiger partial charge < -0.3 is 10.1 Å². The number of amides is 3. The zero-order valence-electron chi connectivity index (χ0n) is 20.8. The lowest BCUT2D eigenvalue weighted by atomic mass is 9.90. The largest absolute Gasteiger partial charge is 0.496 e. The van der Waals surface area contributed by atoms with Gasteiger partial charge in [0.1, 0.15) is 12.3 Å². The van der Waals surface area contributed by atoms with Crippen LogP contribution in [0.15, 0.2) is 48.5 Å². The summed E-state index contributed by atoms with van der Waals surface area (Å²) in [5.74, 6) is -0.683. The molecule has 8 heteroatoms. The molecule has 3 atom stereocenters. The number of rotatable bonds is 7. The van der Waals surface area contributed by atoms with Crippen LogP contribution in [0.2, 0.25) is 0 Å². The number of methoxy groups -OCH3 is 1. The summed E-state index contributed by atoms with van der Waals surface area (Å²) >= 11 is 0. The molecule has 2 aliphatic heterocycles. The van der Waals surface area contributed by atoms with E-state index in [1.165, 1.54) is 9.96 Å². The number of hydroxylamine groups is 2. The number of para-hydroxylation sites is 1. The van der Waals surface area contributed by atoms with Crippen LogP contribution in [0, 0.1) is 12.8 Å². The van der Waals surface area contributed by atoms with Gasteiger partial charge in [-0.25, -0.2) is 0 Å². The highest BCUT2D eigenvalue weighted by Gasteiger charge is 2.60. The fourth-order valence-electron chi connectivity index (χ4n) is 5.70. The van der Waals surface area contributed by atoms with Crippen LogP contribution < -0.4 is 10.1 Å². The molecule has 2 saturated heterocycles. The Hall–Kier alpha value is -3.23. The Morgan fingerprint density at radius 2 is 1.75 bits per heavy atom. The first-order chi connectivity index (χ1) is 17.5. The highest BCUT2D eigenvalue weighted by Crippen LogP contribution is 2.46. The lowest BCUT2D eigenvalue weighted by molar-refractivity contribution is -0.184. The van der Waals surface area contributed by atoms with E-state index in [2.05, 4.69) is 5.32 Å². The number of ether oxygens (including phenoxy) is 1. The maximum atomic E-state index is 13.6. The van der Waals surface area contributed by atoms with Crippen molar-refractivity contribution in [2.45, 2.75) is 63.8 Å². The molecule has 0 bridgehead atoms. The summed E-state index contributed by atoms with van der Waals surface area (Å²) in [6.45, 7) is 2.20. The number of hydrogen-bond donors (Lipinski definition) is 1. The molecule has 3 fully saturated rings. The van der Waals surface area contributed by atoms with Crippen LogP contribution in [0.4, 0.5) is 0 Å². The third kappa shape index (κ3) is 4.63. The predicted octanol–water partition coefficient (Wildman–Crippen LogP) is 3.29. The quantitative estimate of drug-likeness (QED) is 0.598. The van der Waals surface area contributed by atoms with Crippen LogP contribution in [0.5, 0.6) is 5.75 Å².